The summed E-state index contributed by atoms with van der Waals surface area (Å²) in [4.78, 5) is 25.1. The molecule has 156 valence electrons. The molecule has 29 heavy (non-hydrogen) atoms. The number of aryl methyl sites for hydroxylation is 2. The Morgan fingerprint density at radius 2 is 1.62 bits per heavy atom. The number of carbonyl (C=O) groups excluding carboxylic acids is 1. The van der Waals surface area contributed by atoms with Crippen molar-refractivity contribution in [1.82, 2.24) is 0 Å². The lowest BCUT2D eigenvalue weighted by Crippen LogP contribution is -2.25. The molecule has 6 heteroatoms. The van der Waals surface area contributed by atoms with Gasteiger partial charge in [0.25, 0.3) is 5.69 Å². The summed E-state index contributed by atoms with van der Waals surface area (Å²) < 4.78 is 5.36. The van der Waals surface area contributed by atoms with Crippen LogP contribution in [0.1, 0.15) is 48.9 Å². The summed E-state index contributed by atoms with van der Waals surface area (Å²) in [5.74, 6) is -0.313. The minimum absolute atomic E-state index is 0.0656. The van der Waals surface area contributed by atoms with E-state index in [2.05, 4.69) is 31.7 Å². The predicted molar refractivity (Wildman–Crippen MR) is 115 cm³/mol. The summed E-state index contributed by atoms with van der Waals surface area (Å²) in [6.07, 6.45) is 2.39. The van der Waals surface area contributed by atoms with Crippen LogP contribution in [0.4, 0.5) is 11.4 Å². The zero-order chi connectivity index (χ0) is 21.4. The molecular formula is C23H30N2O4. The Hall–Kier alpha value is -2.89. The molecule has 6 nitrogen and oxygen atoms in total. The molecule has 0 aromatic heterocycles. The molecule has 0 heterocycles. The number of anilines is 1. The van der Waals surface area contributed by atoms with Crippen LogP contribution < -0.4 is 4.90 Å². The van der Waals surface area contributed by atoms with Gasteiger partial charge in [-0.2, -0.15) is 0 Å². The molecule has 0 saturated heterocycles. The Bertz CT molecular complexity index is 858. The lowest BCUT2D eigenvalue weighted by molar-refractivity contribution is -0.385. The fourth-order valence-corrected chi connectivity index (χ4v) is 3.47. The van der Waals surface area contributed by atoms with Gasteiger partial charge in [0, 0.05) is 30.4 Å². The van der Waals surface area contributed by atoms with E-state index in [1.54, 1.807) is 19.1 Å². The highest BCUT2D eigenvalue weighted by Gasteiger charge is 2.13. The molecule has 0 saturated carbocycles. The van der Waals surface area contributed by atoms with Crippen molar-refractivity contribution in [3.63, 3.8) is 0 Å². The van der Waals surface area contributed by atoms with Crippen LogP contribution >= 0.6 is 0 Å². The number of benzene rings is 2. The fraction of sp³-hybridized carbons (Fsp3) is 0.435. The molecule has 0 atom stereocenters. The number of nitro groups is 1. The number of carbonyl (C=O) groups is 1. The van der Waals surface area contributed by atoms with Crippen LogP contribution in [0.3, 0.4) is 0 Å². The van der Waals surface area contributed by atoms with Crippen molar-refractivity contribution in [2.75, 3.05) is 18.0 Å². The average molecular weight is 399 g/mol. The first-order valence-electron chi connectivity index (χ1n) is 10.1. The largest absolute Gasteiger partial charge is 0.461 e. The highest BCUT2D eigenvalue weighted by atomic mass is 16.6. The highest BCUT2D eigenvalue weighted by Crippen LogP contribution is 2.23. The van der Waals surface area contributed by atoms with Crippen LogP contribution in [0.5, 0.6) is 0 Å². The molecule has 0 N–H and O–H groups in total. The second-order valence-electron chi connectivity index (χ2n) is 7.32. The van der Waals surface area contributed by atoms with E-state index in [-0.39, 0.29) is 24.7 Å². The maximum absolute atomic E-state index is 12.2. The van der Waals surface area contributed by atoms with Crippen LogP contribution in [-0.2, 0) is 22.6 Å². The van der Waals surface area contributed by atoms with E-state index in [1.165, 1.54) is 11.8 Å². The van der Waals surface area contributed by atoms with E-state index in [0.29, 0.717) is 5.56 Å². The van der Waals surface area contributed by atoms with Gasteiger partial charge in [-0.05, 0) is 61.6 Å². The molecule has 0 aliphatic rings. The Morgan fingerprint density at radius 1 is 1.00 bits per heavy atom. The number of hydrogen-bond acceptors (Lipinski definition) is 5. The van der Waals surface area contributed by atoms with E-state index in [9.17, 15) is 14.9 Å². The lowest BCUT2D eigenvalue weighted by Gasteiger charge is -2.26. The number of ether oxygens (including phenoxy) is 1. The van der Waals surface area contributed by atoms with Crippen molar-refractivity contribution < 1.29 is 14.5 Å². The van der Waals surface area contributed by atoms with E-state index < -0.39 is 4.92 Å². The standard InChI is InChI=1S/C23H30N2O4/c1-5-11-24(12-6-2)21-9-7-19(13-17(21)3)15-23(26)29-16-20-8-10-22(25(27)28)18(4)14-20/h7-10,13-14H,5-6,11-12,15-16H2,1-4H3. The zero-order valence-corrected chi connectivity index (χ0v) is 17.7. The molecule has 0 amide bonds. The normalized spacial score (nSPS) is 10.6. The van der Waals surface area contributed by atoms with Gasteiger partial charge in [0.05, 0.1) is 11.3 Å². The van der Waals surface area contributed by atoms with E-state index in [4.69, 9.17) is 4.74 Å². The van der Waals surface area contributed by atoms with Gasteiger partial charge in [-0.3, -0.25) is 14.9 Å². The second-order valence-corrected chi connectivity index (χ2v) is 7.32. The Labute approximate surface area is 172 Å². The minimum atomic E-state index is -0.417. The molecular weight excluding hydrogens is 368 g/mol. The van der Waals surface area contributed by atoms with Gasteiger partial charge in [0.2, 0.25) is 0 Å². The van der Waals surface area contributed by atoms with Gasteiger partial charge < -0.3 is 9.64 Å². The minimum Gasteiger partial charge on any atom is -0.461 e. The smallest absolute Gasteiger partial charge is 0.310 e. The Balaban J connectivity index is 1.97. The average Bonchev–Trinajstić information content (AvgIpc) is 2.66. The lowest BCUT2D eigenvalue weighted by atomic mass is 10.1. The molecule has 0 bridgehead atoms. The van der Waals surface area contributed by atoms with Gasteiger partial charge in [0.1, 0.15) is 6.61 Å². The monoisotopic (exact) mass is 398 g/mol. The number of rotatable bonds is 10. The zero-order valence-electron chi connectivity index (χ0n) is 17.7. The first kappa shape index (κ1) is 22.4. The topological polar surface area (TPSA) is 72.7 Å². The Morgan fingerprint density at radius 3 is 2.17 bits per heavy atom. The first-order valence-corrected chi connectivity index (χ1v) is 10.1. The summed E-state index contributed by atoms with van der Waals surface area (Å²) in [7, 11) is 0. The maximum Gasteiger partial charge on any atom is 0.310 e. The van der Waals surface area contributed by atoms with Gasteiger partial charge >= 0.3 is 5.97 Å². The molecule has 0 radical (unpaired) electrons. The highest BCUT2D eigenvalue weighted by molar-refractivity contribution is 5.73. The van der Waals surface area contributed by atoms with Crippen LogP contribution in [-0.4, -0.2) is 24.0 Å². The predicted octanol–water partition coefficient (Wildman–Crippen LogP) is 5.12. The summed E-state index contributed by atoms with van der Waals surface area (Å²) in [5, 5.41) is 10.9. The summed E-state index contributed by atoms with van der Waals surface area (Å²) >= 11 is 0. The van der Waals surface area contributed by atoms with E-state index in [1.807, 2.05) is 12.1 Å². The second kappa shape index (κ2) is 10.6. The molecule has 0 aliphatic heterocycles. The van der Waals surface area contributed by atoms with Crippen molar-refractivity contribution >= 4 is 17.3 Å². The van der Waals surface area contributed by atoms with Gasteiger partial charge in [0.15, 0.2) is 0 Å². The molecule has 0 spiro atoms. The van der Waals surface area contributed by atoms with Crippen LogP contribution in [0.2, 0.25) is 0 Å². The van der Waals surface area contributed by atoms with Crippen molar-refractivity contribution in [3.05, 3.63) is 68.8 Å². The summed E-state index contributed by atoms with van der Waals surface area (Å²) in [6, 6.07) is 10.9. The molecule has 0 fully saturated rings. The number of nitro benzene ring substituents is 1. The van der Waals surface area contributed by atoms with Crippen molar-refractivity contribution in [2.45, 2.75) is 53.6 Å². The number of nitrogens with zero attached hydrogens (tertiary/aromatic N) is 2. The third-order valence-corrected chi connectivity index (χ3v) is 4.80. The molecule has 0 unspecified atom stereocenters. The van der Waals surface area contributed by atoms with Crippen molar-refractivity contribution in [2.24, 2.45) is 0 Å². The van der Waals surface area contributed by atoms with Crippen molar-refractivity contribution in [3.8, 4) is 0 Å². The molecule has 2 rings (SSSR count). The first-order chi connectivity index (χ1) is 13.8. The van der Waals surface area contributed by atoms with Crippen LogP contribution in [0, 0.1) is 24.0 Å². The van der Waals surface area contributed by atoms with Crippen LogP contribution in [0.15, 0.2) is 36.4 Å². The van der Waals surface area contributed by atoms with Gasteiger partial charge in [-0.1, -0.05) is 26.0 Å². The van der Waals surface area contributed by atoms with E-state index >= 15 is 0 Å². The number of hydrogen-bond donors (Lipinski definition) is 0. The Kier molecular flexibility index (Phi) is 8.19. The van der Waals surface area contributed by atoms with E-state index in [0.717, 1.165) is 42.6 Å². The molecule has 0 aliphatic carbocycles. The molecule has 2 aromatic carbocycles. The maximum atomic E-state index is 12.2. The van der Waals surface area contributed by atoms with Crippen molar-refractivity contribution in [1.29, 1.82) is 0 Å². The summed E-state index contributed by atoms with van der Waals surface area (Å²) in [6.45, 7) is 10.2. The number of esters is 1. The third-order valence-electron chi connectivity index (χ3n) is 4.80. The quantitative estimate of drug-likeness (QED) is 0.315. The molecule has 2 aromatic rings. The van der Waals surface area contributed by atoms with Gasteiger partial charge in [-0.25, -0.2) is 0 Å². The SMILES string of the molecule is CCCN(CCC)c1ccc(CC(=O)OCc2ccc([N+](=O)[O-])c(C)c2)cc1C. The summed E-state index contributed by atoms with van der Waals surface area (Å²) in [5.41, 5.74) is 4.65. The van der Waals surface area contributed by atoms with Crippen LogP contribution in [0.25, 0.3) is 0 Å². The fourth-order valence-electron chi connectivity index (χ4n) is 3.47. The van der Waals surface area contributed by atoms with Gasteiger partial charge in [-0.15, -0.1) is 0 Å². The third kappa shape index (κ3) is 6.31.